The minimum absolute atomic E-state index is 0.0173. The van der Waals surface area contributed by atoms with Crippen molar-refractivity contribution in [1.82, 2.24) is 0 Å². The highest BCUT2D eigenvalue weighted by Crippen LogP contribution is 2.28. The normalized spacial score (nSPS) is 11.0. The molecule has 0 fully saturated rings. The van der Waals surface area contributed by atoms with E-state index in [4.69, 9.17) is 21.4 Å². The number of hydrogen-bond acceptors (Lipinski definition) is 4. The van der Waals surface area contributed by atoms with Crippen molar-refractivity contribution in [3.8, 4) is 5.75 Å². The molecule has 0 saturated heterocycles. The summed E-state index contributed by atoms with van der Waals surface area (Å²) in [6.07, 6.45) is 0. The van der Waals surface area contributed by atoms with Crippen molar-refractivity contribution in [2.24, 2.45) is 0 Å². The molecule has 2 rings (SSSR count). The van der Waals surface area contributed by atoms with E-state index in [1.165, 1.54) is 42.5 Å². The Hall–Kier alpha value is -2.25. The molecule has 0 spiro atoms. The second kappa shape index (κ2) is 6.89. The summed E-state index contributed by atoms with van der Waals surface area (Å²) in [5.41, 5.74) is 0.133. The Labute approximate surface area is 138 Å². The maximum Gasteiger partial charge on any atom is 0.335 e. The number of sulfonamides is 1. The third-order valence-corrected chi connectivity index (χ3v) is 4.57. The zero-order valence-electron chi connectivity index (χ0n) is 12.1. The second-order valence-electron chi connectivity index (χ2n) is 4.52. The van der Waals surface area contributed by atoms with Gasteiger partial charge in [-0.3, -0.25) is 4.72 Å². The average molecular weight is 356 g/mol. The molecule has 0 heterocycles. The number of nitrogens with one attached hydrogen (secondary N) is 1. The van der Waals surface area contributed by atoms with Gasteiger partial charge in [-0.05, 0) is 37.3 Å². The molecule has 0 aliphatic rings. The standard InChI is InChI=1S/C15H14ClNO5S/c1-2-22-14-9-12(6-7-13(14)16)23(20,21)17-11-5-3-4-10(8-11)15(18)19/h3-9,17H,2H2,1H3,(H,18,19). The maximum atomic E-state index is 12.4. The fourth-order valence-corrected chi connectivity index (χ4v) is 3.08. The highest BCUT2D eigenvalue weighted by molar-refractivity contribution is 7.92. The van der Waals surface area contributed by atoms with Gasteiger partial charge < -0.3 is 9.84 Å². The fraction of sp³-hybridized carbons (Fsp3) is 0.133. The van der Waals surface area contributed by atoms with Gasteiger partial charge in [0.05, 0.1) is 22.1 Å². The van der Waals surface area contributed by atoms with E-state index in [1.54, 1.807) is 6.92 Å². The highest BCUT2D eigenvalue weighted by atomic mass is 35.5. The zero-order chi connectivity index (χ0) is 17.0. The Morgan fingerprint density at radius 3 is 2.65 bits per heavy atom. The molecular weight excluding hydrogens is 342 g/mol. The number of aromatic carboxylic acids is 1. The first-order valence-corrected chi connectivity index (χ1v) is 8.48. The Morgan fingerprint density at radius 1 is 1.26 bits per heavy atom. The van der Waals surface area contributed by atoms with Crippen LogP contribution in [0.25, 0.3) is 0 Å². The SMILES string of the molecule is CCOc1cc(S(=O)(=O)Nc2cccc(C(=O)O)c2)ccc1Cl. The lowest BCUT2D eigenvalue weighted by Crippen LogP contribution is -2.13. The lowest BCUT2D eigenvalue weighted by Gasteiger charge is -2.11. The molecule has 0 bridgehead atoms. The van der Waals surface area contributed by atoms with E-state index >= 15 is 0 Å². The minimum Gasteiger partial charge on any atom is -0.492 e. The van der Waals surface area contributed by atoms with Crippen molar-refractivity contribution >= 4 is 33.3 Å². The van der Waals surface area contributed by atoms with Gasteiger partial charge in [-0.15, -0.1) is 0 Å². The van der Waals surface area contributed by atoms with Crippen LogP contribution in [0.15, 0.2) is 47.4 Å². The summed E-state index contributed by atoms with van der Waals surface area (Å²) in [6, 6.07) is 9.60. The molecule has 6 nitrogen and oxygen atoms in total. The van der Waals surface area contributed by atoms with Crippen LogP contribution in [-0.4, -0.2) is 26.1 Å². The Bertz CT molecular complexity index is 836. The number of carboxylic acid groups (broad SMARTS) is 1. The number of anilines is 1. The number of carboxylic acids is 1. The lowest BCUT2D eigenvalue weighted by atomic mass is 10.2. The fourth-order valence-electron chi connectivity index (χ4n) is 1.85. The summed E-state index contributed by atoms with van der Waals surface area (Å²) in [5.74, 6) is -0.882. The van der Waals surface area contributed by atoms with Gasteiger partial charge in [0.1, 0.15) is 5.75 Å². The third kappa shape index (κ3) is 4.14. The molecule has 0 aliphatic carbocycles. The van der Waals surface area contributed by atoms with E-state index in [0.717, 1.165) is 0 Å². The molecule has 0 radical (unpaired) electrons. The number of rotatable bonds is 6. The number of benzene rings is 2. The van der Waals surface area contributed by atoms with Crippen LogP contribution in [0.5, 0.6) is 5.75 Å². The molecule has 23 heavy (non-hydrogen) atoms. The van der Waals surface area contributed by atoms with Gasteiger partial charge >= 0.3 is 5.97 Å². The van der Waals surface area contributed by atoms with Crippen molar-refractivity contribution in [3.05, 3.63) is 53.1 Å². The summed E-state index contributed by atoms with van der Waals surface area (Å²) in [5, 5.41) is 9.25. The summed E-state index contributed by atoms with van der Waals surface area (Å²) >= 11 is 5.94. The van der Waals surface area contributed by atoms with Crippen LogP contribution in [0.4, 0.5) is 5.69 Å². The zero-order valence-corrected chi connectivity index (χ0v) is 13.7. The van der Waals surface area contributed by atoms with Gasteiger partial charge in [-0.2, -0.15) is 0 Å². The number of hydrogen-bond donors (Lipinski definition) is 2. The third-order valence-electron chi connectivity index (χ3n) is 2.87. The Balaban J connectivity index is 2.34. The summed E-state index contributed by atoms with van der Waals surface area (Å²) < 4.78 is 32.4. The van der Waals surface area contributed by atoms with Crippen LogP contribution in [-0.2, 0) is 10.0 Å². The molecule has 0 aliphatic heterocycles. The first-order valence-electron chi connectivity index (χ1n) is 6.62. The minimum atomic E-state index is -3.89. The van der Waals surface area contributed by atoms with Crippen molar-refractivity contribution < 1.29 is 23.1 Å². The van der Waals surface area contributed by atoms with Crippen LogP contribution in [0, 0.1) is 0 Å². The van der Waals surface area contributed by atoms with Crippen LogP contribution in [0.3, 0.4) is 0 Å². The number of halogens is 1. The first-order chi connectivity index (χ1) is 10.8. The topological polar surface area (TPSA) is 92.7 Å². The average Bonchev–Trinajstić information content (AvgIpc) is 2.49. The molecule has 2 N–H and O–H groups in total. The molecule has 122 valence electrons. The molecule has 2 aromatic carbocycles. The Morgan fingerprint density at radius 2 is 2.00 bits per heavy atom. The Kier molecular flexibility index (Phi) is 5.12. The largest absolute Gasteiger partial charge is 0.492 e. The van der Waals surface area contributed by atoms with E-state index in [-0.39, 0.29) is 21.9 Å². The molecule has 2 aromatic rings. The van der Waals surface area contributed by atoms with Gasteiger partial charge in [0.2, 0.25) is 0 Å². The van der Waals surface area contributed by atoms with Gasteiger partial charge in [-0.1, -0.05) is 17.7 Å². The summed E-state index contributed by atoms with van der Waals surface area (Å²) in [7, 11) is -3.89. The van der Waals surface area contributed by atoms with Crippen LogP contribution in [0.2, 0.25) is 5.02 Å². The summed E-state index contributed by atoms with van der Waals surface area (Å²) in [6.45, 7) is 2.10. The van der Waals surface area contributed by atoms with Crippen molar-refractivity contribution in [3.63, 3.8) is 0 Å². The highest BCUT2D eigenvalue weighted by Gasteiger charge is 2.17. The quantitative estimate of drug-likeness (QED) is 0.829. The van der Waals surface area contributed by atoms with E-state index in [0.29, 0.717) is 11.6 Å². The van der Waals surface area contributed by atoms with E-state index < -0.39 is 16.0 Å². The van der Waals surface area contributed by atoms with Gasteiger partial charge in [0.15, 0.2) is 0 Å². The molecule has 0 saturated carbocycles. The molecule has 0 amide bonds. The van der Waals surface area contributed by atoms with Crippen LogP contribution in [0.1, 0.15) is 17.3 Å². The second-order valence-corrected chi connectivity index (χ2v) is 6.61. The van der Waals surface area contributed by atoms with Gasteiger partial charge in [0, 0.05) is 11.8 Å². The van der Waals surface area contributed by atoms with Crippen molar-refractivity contribution in [2.75, 3.05) is 11.3 Å². The summed E-state index contributed by atoms with van der Waals surface area (Å²) in [4.78, 5) is 10.9. The van der Waals surface area contributed by atoms with E-state index in [1.807, 2.05) is 0 Å². The van der Waals surface area contributed by atoms with Gasteiger partial charge in [0.25, 0.3) is 10.0 Å². The lowest BCUT2D eigenvalue weighted by molar-refractivity contribution is 0.0697. The monoisotopic (exact) mass is 355 g/mol. The van der Waals surface area contributed by atoms with Crippen molar-refractivity contribution in [1.29, 1.82) is 0 Å². The van der Waals surface area contributed by atoms with E-state index in [9.17, 15) is 13.2 Å². The number of ether oxygens (including phenoxy) is 1. The molecule has 0 aromatic heterocycles. The van der Waals surface area contributed by atoms with Crippen molar-refractivity contribution in [2.45, 2.75) is 11.8 Å². The van der Waals surface area contributed by atoms with E-state index in [2.05, 4.69) is 4.72 Å². The molecular formula is C15H14ClNO5S. The predicted octanol–water partition coefficient (Wildman–Crippen LogP) is 3.24. The molecule has 8 heteroatoms. The predicted molar refractivity (Wildman–Crippen MR) is 86.8 cm³/mol. The van der Waals surface area contributed by atoms with Crippen LogP contribution >= 0.6 is 11.6 Å². The number of carbonyl (C=O) groups is 1. The first kappa shape index (κ1) is 17.1. The smallest absolute Gasteiger partial charge is 0.335 e. The molecule has 0 unspecified atom stereocenters. The maximum absolute atomic E-state index is 12.4. The van der Waals surface area contributed by atoms with Gasteiger partial charge in [-0.25, -0.2) is 13.2 Å². The van der Waals surface area contributed by atoms with Crippen LogP contribution < -0.4 is 9.46 Å². The molecule has 0 atom stereocenters.